The van der Waals surface area contributed by atoms with E-state index in [0.29, 0.717) is 11.1 Å². The fraction of sp³-hybridized carbons (Fsp3) is 0.692. The third-order valence-corrected chi connectivity index (χ3v) is 4.31. The summed E-state index contributed by atoms with van der Waals surface area (Å²) in [6.07, 6.45) is 2.31. The summed E-state index contributed by atoms with van der Waals surface area (Å²) in [5.41, 5.74) is 0.997. The van der Waals surface area contributed by atoms with Gasteiger partial charge in [0.2, 0.25) is 5.91 Å². The predicted octanol–water partition coefficient (Wildman–Crippen LogP) is 1.20. The quantitative estimate of drug-likeness (QED) is 0.854. The number of amides is 1. The lowest BCUT2D eigenvalue weighted by molar-refractivity contribution is -0.123. The maximum Gasteiger partial charge on any atom is 0.225 e. The van der Waals surface area contributed by atoms with Gasteiger partial charge in [0.1, 0.15) is 5.15 Å². The molecule has 1 atom stereocenters. The van der Waals surface area contributed by atoms with Crippen molar-refractivity contribution >= 4 is 17.5 Å². The minimum atomic E-state index is -0.514. The molecule has 106 valence electrons. The number of aliphatic hydroxyl groups excluding tert-OH is 1. The minimum absolute atomic E-state index is 0.0385. The van der Waals surface area contributed by atoms with Crippen LogP contribution in [0.25, 0.3) is 0 Å². The number of halogens is 1. The molecule has 1 aliphatic carbocycles. The molecule has 1 aromatic rings. The van der Waals surface area contributed by atoms with E-state index in [1.807, 2.05) is 13.8 Å². The number of hydrogen-bond donors (Lipinski definition) is 2. The van der Waals surface area contributed by atoms with Crippen molar-refractivity contribution in [2.75, 3.05) is 6.61 Å². The molecule has 19 heavy (non-hydrogen) atoms. The second kappa shape index (κ2) is 5.13. The Kier molecular flexibility index (Phi) is 3.87. The van der Waals surface area contributed by atoms with Gasteiger partial charge in [-0.05, 0) is 32.6 Å². The molecule has 6 heteroatoms. The second-order valence-electron chi connectivity index (χ2n) is 5.55. The molecule has 0 radical (unpaired) electrons. The van der Waals surface area contributed by atoms with Crippen LogP contribution in [-0.4, -0.2) is 32.9 Å². The van der Waals surface area contributed by atoms with Crippen LogP contribution < -0.4 is 5.32 Å². The lowest BCUT2D eigenvalue weighted by Gasteiger charge is -2.28. The summed E-state index contributed by atoms with van der Waals surface area (Å²) in [5, 5.41) is 17.1. The Morgan fingerprint density at radius 3 is 2.68 bits per heavy atom. The van der Waals surface area contributed by atoms with E-state index in [1.54, 1.807) is 11.7 Å². The van der Waals surface area contributed by atoms with E-state index in [-0.39, 0.29) is 18.9 Å². The van der Waals surface area contributed by atoms with Crippen LogP contribution in [0.15, 0.2) is 0 Å². The maximum atomic E-state index is 12.1. The van der Waals surface area contributed by atoms with E-state index in [1.165, 1.54) is 0 Å². The van der Waals surface area contributed by atoms with Crippen LogP contribution in [0.1, 0.15) is 31.0 Å². The van der Waals surface area contributed by atoms with E-state index in [2.05, 4.69) is 10.4 Å². The maximum absolute atomic E-state index is 12.1. The summed E-state index contributed by atoms with van der Waals surface area (Å²) >= 11 is 6.11. The Balaban J connectivity index is 2.05. The standard InChI is InChI=1S/C13H20ClN3O2/c1-8-10(12(14)17(3)16-8)6-11(19)15-13(2,7-18)9-4-5-9/h9,18H,4-7H2,1-3H3,(H,15,19). The number of hydrogen-bond acceptors (Lipinski definition) is 3. The van der Waals surface area contributed by atoms with Gasteiger partial charge in [-0.15, -0.1) is 0 Å². The van der Waals surface area contributed by atoms with Crippen LogP contribution in [0.5, 0.6) is 0 Å². The highest BCUT2D eigenvalue weighted by molar-refractivity contribution is 6.30. The van der Waals surface area contributed by atoms with Crippen molar-refractivity contribution in [1.29, 1.82) is 0 Å². The van der Waals surface area contributed by atoms with Crippen LogP contribution in [0.2, 0.25) is 5.15 Å². The van der Waals surface area contributed by atoms with Crippen molar-refractivity contribution in [3.05, 3.63) is 16.4 Å². The third-order valence-electron chi connectivity index (χ3n) is 3.84. The molecule has 2 rings (SSSR count). The Labute approximate surface area is 117 Å². The van der Waals surface area contributed by atoms with Crippen molar-refractivity contribution < 1.29 is 9.90 Å². The number of aliphatic hydroxyl groups is 1. The Hall–Kier alpha value is -1.07. The molecule has 0 saturated heterocycles. The van der Waals surface area contributed by atoms with Gasteiger partial charge in [-0.2, -0.15) is 5.10 Å². The molecule has 1 aromatic heterocycles. The number of nitrogens with one attached hydrogen (secondary N) is 1. The van der Waals surface area contributed by atoms with Crippen molar-refractivity contribution in [2.45, 2.75) is 38.6 Å². The highest BCUT2D eigenvalue weighted by Gasteiger charge is 2.42. The molecule has 0 bridgehead atoms. The van der Waals surface area contributed by atoms with Gasteiger partial charge in [-0.25, -0.2) is 0 Å². The van der Waals surface area contributed by atoms with Crippen molar-refractivity contribution in [2.24, 2.45) is 13.0 Å². The summed E-state index contributed by atoms with van der Waals surface area (Å²) in [5.74, 6) is 0.258. The molecular weight excluding hydrogens is 266 g/mol. The lowest BCUT2D eigenvalue weighted by atomic mass is 9.96. The molecule has 1 saturated carbocycles. The molecule has 1 amide bonds. The number of carbonyl (C=O) groups is 1. The molecular formula is C13H20ClN3O2. The largest absolute Gasteiger partial charge is 0.394 e. The first kappa shape index (κ1) is 14.3. The first-order chi connectivity index (χ1) is 8.87. The van der Waals surface area contributed by atoms with Gasteiger partial charge < -0.3 is 10.4 Å². The molecule has 1 unspecified atom stereocenters. The van der Waals surface area contributed by atoms with E-state index in [0.717, 1.165) is 24.1 Å². The summed E-state index contributed by atoms with van der Waals surface area (Å²) < 4.78 is 1.56. The molecule has 2 N–H and O–H groups in total. The molecule has 0 spiro atoms. The highest BCUT2D eigenvalue weighted by Crippen LogP contribution is 2.39. The zero-order valence-electron chi connectivity index (χ0n) is 11.5. The smallest absolute Gasteiger partial charge is 0.225 e. The fourth-order valence-electron chi connectivity index (χ4n) is 2.39. The van der Waals surface area contributed by atoms with Crippen LogP contribution in [0.4, 0.5) is 0 Å². The summed E-state index contributed by atoms with van der Waals surface area (Å²) in [7, 11) is 1.75. The number of rotatable bonds is 5. The van der Waals surface area contributed by atoms with Gasteiger partial charge in [-0.1, -0.05) is 11.6 Å². The normalized spacial score (nSPS) is 18.2. The summed E-state index contributed by atoms with van der Waals surface area (Å²) in [6.45, 7) is 3.68. The zero-order valence-corrected chi connectivity index (χ0v) is 12.3. The number of carbonyl (C=O) groups excluding carboxylic acids is 1. The number of nitrogens with zero attached hydrogens (tertiary/aromatic N) is 2. The molecule has 1 aliphatic rings. The number of aromatic nitrogens is 2. The molecule has 1 fully saturated rings. The van der Waals surface area contributed by atoms with Crippen molar-refractivity contribution in [1.82, 2.24) is 15.1 Å². The van der Waals surface area contributed by atoms with Gasteiger partial charge in [0, 0.05) is 12.6 Å². The second-order valence-corrected chi connectivity index (χ2v) is 5.91. The van der Waals surface area contributed by atoms with Gasteiger partial charge in [0.25, 0.3) is 0 Å². The Morgan fingerprint density at radius 2 is 2.26 bits per heavy atom. The predicted molar refractivity (Wildman–Crippen MR) is 73.0 cm³/mol. The molecule has 1 heterocycles. The average Bonchev–Trinajstić information content (AvgIpc) is 3.15. The molecule has 0 aromatic carbocycles. The van der Waals surface area contributed by atoms with Gasteiger partial charge in [0.05, 0.1) is 24.3 Å². The first-order valence-electron chi connectivity index (χ1n) is 6.47. The van der Waals surface area contributed by atoms with Crippen LogP contribution in [-0.2, 0) is 18.3 Å². The van der Waals surface area contributed by atoms with E-state index in [4.69, 9.17) is 11.6 Å². The highest BCUT2D eigenvalue weighted by atomic mass is 35.5. The minimum Gasteiger partial charge on any atom is -0.394 e. The molecule has 5 nitrogen and oxygen atoms in total. The van der Waals surface area contributed by atoms with Crippen molar-refractivity contribution in [3.8, 4) is 0 Å². The van der Waals surface area contributed by atoms with Gasteiger partial charge in [0.15, 0.2) is 0 Å². The third kappa shape index (κ3) is 2.92. The van der Waals surface area contributed by atoms with E-state index >= 15 is 0 Å². The Morgan fingerprint density at radius 1 is 1.63 bits per heavy atom. The van der Waals surface area contributed by atoms with Crippen LogP contribution in [0.3, 0.4) is 0 Å². The van der Waals surface area contributed by atoms with Crippen molar-refractivity contribution in [3.63, 3.8) is 0 Å². The number of aryl methyl sites for hydroxylation is 2. The van der Waals surface area contributed by atoms with Gasteiger partial charge >= 0.3 is 0 Å². The van der Waals surface area contributed by atoms with E-state index < -0.39 is 5.54 Å². The van der Waals surface area contributed by atoms with Gasteiger partial charge in [-0.3, -0.25) is 9.48 Å². The molecule has 0 aliphatic heterocycles. The van der Waals surface area contributed by atoms with E-state index in [9.17, 15) is 9.90 Å². The SMILES string of the molecule is Cc1nn(C)c(Cl)c1CC(=O)NC(C)(CO)C1CC1. The average molecular weight is 286 g/mol. The summed E-state index contributed by atoms with van der Waals surface area (Å²) in [4.78, 5) is 12.1. The summed E-state index contributed by atoms with van der Waals surface area (Å²) in [6, 6.07) is 0. The van der Waals surface area contributed by atoms with Crippen LogP contribution in [0, 0.1) is 12.8 Å². The topological polar surface area (TPSA) is 67.2 Å². The fourth-order valence-corrected chi connectivity index (χ4v) is 2.63. The monoisotopic (exact) mass is 285 g/mol. The Bertz CT molecular complexity index is 496. The zero-order chi connectivity index (χ0) is 14.2. The lowest BCUT2D eigenvalue weighted by Crippen LogP contribution is -2.51. The first-order valence-corrected chi connectivity index (χ1v) is 6.85. The van der Waals surface area contributed by atoms with Crippen LogP contribution >= 0.6 is 11.6 Å².